The second-order valence-corrected chi connectivity index (χ2v) is 4.53. The van der Waals surface area contributed by atoms with Crippen molar-refractivity contribution in [3.8, 4) is 11.5 Å². The normalized spacial score (nSPS) is 10.9. The van der Waals surface area contributed by atoms with E-state index in [1.54, 1.807) is 10.6 Å². The quantitative estimate of drug-likeness (QED) is 0.751. The van der Waals surface area contributed by atoms with Crippen molar-refractivity contribution in [2.24, 2.45) is 0 Å². The molecule has 0 aliphatic heterocycles. The Labute approximate surface area is 118 Å². The van der Waals surface area contributed by atoms with Crippen molar-refractivity contribution in [2.75, 3.05) is 0 Å². The predicted molar refractivity (Wildman–Crippen MR) is 75.8 cm³/mol. The molecule has 0 unspecified atom stereocenters. The molecule has 0 bridgehead atoms. The number of imidazole rings is 1. The van der Waals surface area contributed by atoms with Crippen molar-refractivity contribution in [3.63, 3.8) is 0 Å². The van der Waals surface area contributed by atoms with Crippen LogP contribution in [-0.4, -0.2) is 30.8 Å². The molecule has 0 atom stereocenters. The van der Waals surface area contributed by atoms with E-state index in [-0.39, 0.29) is 18.5 Å². The SMILES string of the molecule is O=C(O)CCn1c(-c2ccc(=O)[nH]n2)nc2ccccc21. The number of hydrogen-bond acceptors (Lipinski definition) is 4. The molecule has 2 aromatic heterocycles. The summed E-state index contributed by atoms with van der Waals surface area (Å²) in [5, 5.41) is 15.2. The van der Waals surface area contributed by atoms with Crippen LogP contribution in [0.1, 0.15) is 6.42 Å². The maximum absolute atomic E-state index is 11.1. The smallest absolute Gasteiger partial charge is 0.305 e. The monoisotopic (exact) mass is 284 g/mol. The number of carboxylic acid groups (broad SMARTS) is 1. The molecule has 0 amide bonds. The van der Waals surface area contributed by atoms with Crippen LogP contribution in [0.4, 0.5) is 0 Å². The molecule has 2 heterocycles. The zero-order valence-corrected chi connectivity index (χ0v) is 11.0. The summed E-state index contributed by atoms with van der Waals surface area (Å²) in [5.74, 6) is -0.346. The lowest BCUT2D eigenvalue weighted by molar-refractivity contribution is -0.137. The standard InChI is InChI=1S/C14H12N4O3/c19-12-6-5-10(16-17-12)14-15-9-3-1-2-4-11(9)18(14)8-7-13(20)21/h1-6H,7-8H2,(H,17,19)(H,20,21). The molecular formula is C14H12N4O3. The second kappa shape index (κ2) is 5.20. The first kappa shape index (κ1) is 13.0. The van der Waals surface area contributed by atoms with E-state index < -0.39 is 5.97 Å². The van der Waals surface area contributed by atoms with Gasteiger partial charge in [-0.25, -0.2) is 10.1 Å². The molecule has 0 spiro atoms. The Hall–Kier alpha value is -2.96. The molecule has 2 N–H and O–H groups in total. The van der Waals surface area contributed by atoms with Gasteiger partial charge in [-0.05, 0) is 18.2 Å². The minimum Gasteiger partial charge on any atom is -0.481 e. The fraction of sp³-hybridized carbons (Fsp3) is 0.143. The lowest BCUT2D eigenvalue weighted by Crippen LogP contribution is -2.09. The Morgan fingerprint density at radius 1 is 1.24 bits per heavy atom. The summed E-state index contributed by atoms with van der Waals surface area (Å²) in [5.41, 5.74) is 1.79. The highest BCUT2D eigenvalue weighted by atomic mass is 16.4. The van der Waals surface area contributed by atoms with Crippen LogP contribution < -0.4 is 5.56 Å². The number of nitrogens with one attached hydrogen (secondary N) is 1. The number of aromatic amines is 1. The molecule has 1 aromatic carbocycles. The van der Waals surface area contributed by atoms with Crippen molar-refractivity contribution in [2.45, 2.75) is 13.0 Å². The first-order valence-corrected chi connectivity index (χ1v) is 6.38. The van der Waals surface area contributed by atoms with Crippen molar-refractivity contribution in [1.82, 2.24) is 19.7 Å². The number of carboxylic acids is 1. The van der Waals surface area contributed by atoms with Gasteiger partial charge in [-0.2, -0.15) is 5.10 Å². The highest BCUT2D eigenvalue weighted by Gasteiger charge is 2.14. The van der Waals surface area contributed by atoms with Crippen LogP contribution in [-0.2, 0) is 11.3 Å². The second-order valence-electron chi connectivity index (χ2n) is 4.53. The molecule has 7 nitrogen and oxygen atoms in total. The van der Waals surface area contributed by atoms with Gasteiger partial charge in [0.2, 0.25) is 0 Å². The van der Waals surface area contributed by atoms with Crippen molar-refractivity contribution in [3.05, 3.63) is 46.8 Å². The van der Waals surface area contributed by atoms with Gasteiger partial charge in [-0.1, -0.05) is 12.1 Å². The Kier molecular flexibility index (Phi) is 3.23. The Balaban J connectivity index is 2.15. The summed E-state index contributed by atoms with van der Waals surface area (Å²) in [4.78, 5) is 26.4. The number of rotatable bonds is 4. The van der Waals surface area contributed by atoms with Crippen LogP contribution in [0.5, 0.6) is 0 Å². The maximum Gasteiger partial charge on any atom is 0.305 e. The number of hydrogen-bond donors (Lipinski definition) is 2. The number of aromatic nitrogens is 4. The number of H-pyrrole nitrogens is 1. The molecule has 0 fully saturated rings. The number of nitrogens with zero attached hydrogens (tertiary/aromatic N) is 3. The summed E-state index contributed by atoms with van der Waals surface area (Å²) in [6.45, 7) is 0.284. The van der Waals surface area contributed by atoms with Crippen LogP contribution in [0.2, 0.25) is 0 Å². The molecule has 21 heavy (non-hydrogen) atoms. The summed E-state index contributed by atoms with van der Waals surface area (Å²) in [6, 6.07) is 10.4. The molecule has 3 aromatic rings. The average molecular weight is 284 g/mol. The third kappa shape index (κ3) is 2.53. The number of carbonyl (C=O) groups is 1. The Morgan fingerprint density at radius 3 is 2.76 bits per heavy atom. The van der Waals surface area contributed by atoms with Gasteiger partial charge in [0, 0.05) is 12.6 Å². The largest absolute Gasteiger partial charge is 0.481 e. The molecule has 0 saturated heterocycles. The van der Waals surface area contributed by atoms with E-state index in [0.29, 0.717) is 11.5 Å². The number of aryl methyl sites for hydroxylation is 1. The Bertz CT molecular complexity index is 846. The molecule has 0 aliphatic rings. The number of para-hydroxylation sites is 2. The molecular weight excluding hydrogens is 272 g/mol. The third-order valence-electron chi connectivity index (χ3n) is 3.11. The van der Waals surface area contributed by atoms with Gasteiger partial charge in [-0.3, -0.25) is 9.59 Å². The fourth-order valence-corrected chi connectivity index (χ4v) is 2.17. The van der Waals surface area contributed by atoms with Crippen molar-refractivity contribution < 1.29 is 9.90 Å². The van der Waals surface area contributed by atoms with Crippen LogP contribution in [0.25, 0.3) is 22.6 Å². The number of fused-ring (bicyclic) bond motifs is 1. The van der Waals surface area contributed by atoms with Gasteiger partial charge in [0.05, 0.1) is 17.5 Å². The zero-order chi connectivity index (χ0) is 14.8. The topological polar surface area (TPSA) is 101 Å². The summed E-state index contributed by atoms with van der Waals surface area (Å²) < 4.78 is 1.80. The first-order valence-electron chi connectivity index (χ1n) is 6.38. The average Bonchev–Trinajstić information content (AvgIpc) is 2.84. The van der Waals surface area contributed by atoms with Crippen LogP contribution in [0.15, 0.2) is 41.2 Å². The minimum atomic E-state index is -0.881. The molecule has 0 radical (unpaired) electrons. The van der Waals surface area contributed by atoms with E-state index >= 15 is 0 Å². The zero-order valence-electron chi connectivity index (χ0n) is 11.0. The van der Waals surface area contributed by atoms with E-state index in [1.165, 1.54) is 6.07 Å². The molecule has 3 rings (SSSR count). The van der Waals surface area contributed by atoms with E-state index in [9.17, 15) is 9.59 Å². The van der Waals surface area contributed by atoms with E-state index in [0.717, 1.165) is 11.0 Å². The highest BCUT2D eigenvalue weighted by Crippen LogP contribution is 2.23. The summed E-state index contributed by atoms with van der Waals surface area (Å²) in [7, 11) is 0. The van der Waals surface area contributed by atoms with E-state index in [1.807, 2.05) is 24.3 Å². The van der Waals surface area contributed by atoms with E-state index in [4.69, 9.17) is 5.11 Å². The van der Waals surface area contributed by atoms with Crippen molar-refractivity contribution in [1.29, 1.82) is 0 Å². The van der Waals surface area contributed by atoms with Crippen LogP contribution >= 0.6 is 0 Å². The minimum absolute atomic E-state index is 0.0172. The van der Waals surface area contributed by atoms with Crippen molar-refractivity contribution >= 4 is 17.0 Å². The lowest BCUT2D eigenvalue weighted by Gasteiger charge is -2.06. The summed E-state index contributed by atoms with van der Waals surface area (Å²) in [6.07, 6.45) is -0.0172. The van der Waals surface area contributed by atoms with Crippen LogP contribution in [0.3, 0.4) is 0 Å². The number of aliphatic carboxylic acids is 1. The van der Waals surface area contributed by atoms with Gasteiger partial charge in [0.25, 0.3) is 5.56 Å². The lowest BCUT2D eigenvalue weighted by atomic mass is 10.3. The fourth-order valence-electron chi connectivity index (χ4n) is 2.17. The molecule has 0 saturated carbocycles. The van der Waals surface area contributed by atoms with Crippen LogP contribution in [0, 0.1) is 0 Å². The highest BCUT2D eigenvalue weighted by molar-refractivity contribution is 5.80. The number of benzene rings is 1. The van der Waals surface area contributed by atoms with Gasteiger partial charge >= 0.3 is 5.97 Å². The van der Waals surface area contributed by atoms with Gasteiger partial charge < -0.3 is 9.67 Å². The molecule has 7 heteroatoms. The summed E-state index contributed by atoms with van der Waals surface area (Å²) >= 11 is 0. The first-order chi connectivity index (χ1) is 10.1. The Morgan fingerprint density at radius 2 is 2.05 bits per heavy atom. The van der Waals surface area contributed by atoms with Gasteiger partial charge in [-0.15, -0.1) is 0 Å². The third-order valence-corrected chi connectivity index (χ3v) is 3.11. The van der Waals surface area contributed by atoms with E-state index in [2.05, 4.69) is 15.2 Å². The maximum atomic E-state index is 11.1. The predicted octanol–water partition coefficient (Wildman–Crippen LogP) is 1.26. The van der Waals surface area contributed by atoms with Gasteiger partial charge in [0.1, 0.15) is 5.69 Å². The van der Waals surface area contributed by atoms with Gasteiger partial charge in [0.15, 0.2) is 5.82 Å². The molecule has 106 valence electrons. The molecule has 0 aliphatic carbocycles.